The summed E-state index contributed by atoms with van der Waals surface area (Å²) in [4.78, 5) is 18.1. The van der Waals surface area contributed by atoms with Crippen molar-refractivity contribution in [1.29, 1.82) is 0 Å². The number of nitrogens with zero attached hydrogens (tertiary/aromatic N) is 2. The van der Waals surface area contributed by atoms with Gasteiger partial charge in [0.1, 0.15) is 5.01 Å². The number of carbonyl (C=O) groups is 1. The van der Waals surface area contributed by atoms with Crippen molar-refractivity contribution in [2.75, 3.05) is 5.73 Å². The highest BCUT2D eigenvalue weighted by atomic mass is 32.1. The van der Waals surface area contributed by atoms with Crippen LogP contribution in [-0.2, 0) is 13.1 Å². The Morgan fingerprint density at radius 1 is 1.47 bits per heavy atom. The maximum Gasteiger partial charge on any atom is 0.254 e. The van der Waals surface area contributed by atoms with Gasteiger partial charge in [0.05, 0.1) is 6.54 Å². The van der Waals surface area contributed by atoms with Crippen LogP contribution in [-0.4, -0.2) is 15.8 Å². The van der Waals surface area contributed by atoms with Crippen molar-refractivity contribution in [2.24, 2.45) is 0 Å². The smallest absolute Gasteiger partial charge is 0.254 e. The molecular weight excluding hydrogens is 234 g/mol. The summed E-state index contributed by atoms with van der Waals surface area (Å²) in [6.45, 7) is 1.22. The molecule has 5 heteroatoms. The summed E-state index contributed by atoms with van der Waals surface area (Å²) in [7, 11) is 0. The van der Waals surface area contributed by atoms with E-state index in [2.05, 4.69) is 4.98 Å². The van der Waals surface area contributed by atoms with Gasteiger partial charge < -0.3 is 10.6 Å². The maximum absolute atomic E-state index is 12.1. The molecule has 1 aromatic carbocycles. The molecule has 1 amide bonds. The van der Waals surface area contributed by atoms with Gasteiger partial charge in [-0.15, -0.1) is 11.3 Å². The number of thiazole rings is 1. The zero-order chi connectivity index (χ0) is 11.8. The second-order valence-electron chi connectivity index (χ2n) is 4.00. The number of nitrogens with two attached hydrogens (primary N) is 1. The van der Waals surface area contributed by atoms with Crippen LogP contribution >= 0.6 is 11.3 Å². The van der Waals surface area contributed by atoms with Crippen LogP contribution in [0, 0.1) is 0 Å². The summed E-state index contributed by atoms with van der Waals surface area (Å²) in [5.41, 5.74) is 8.09. The van der Waals surface area contributed by atoms with Gasteiger partial charge in [-0.3, -0.25) is 4.79 Å². The zero-order valence-electron chi connectivity index (χ0n) is 9.09. The molecule has 0 saturated heterocycles. The van der Waals surface area contributed by atoms with E-state index in [0.717, 1.165) is 16.1 Å². The minimum atomic E-state index is 0.0440. The first-order valence-corrected chi connectivity index (χ1v) is 6.18. The Hall–Kier alpha value is -1.88. The van der Waals surface area contributed by atoms with Crippen LogP contribution in [0.5, 0.6) is 0 Å². The zero-order valence-corrected chi connectivity index (χ0v) is 9.91. The molecule has 2 aromatic rings. The van der Waals surface area contributed by atoms with E-state index in [-0.39, 0.29) is 5.91 Å². The third-order valence-corrected chi connectivity index (χ3v) is 3.59. The molecule has 0 aliphatic carbocycles. The van der Waals surface area contributed by atoms with E-state index >= 15 is 0 Å². The summed E-state index contributed by atoms with van der Waals surface area (Å²) >= 11 is 1.56. The van der Waals surface area contributed by atoms with E-state index in [9.17, 15) is 4.79 Å². The number of hydrogen-bond acceptors (Lipinski definition) is 4. The van der Waals surface area contributed by atoms with Crippen molar-refractivity contribution in [3.8, 4) is 0 Å². The molecule has 0 spiro atoms. The summed E-state index contributed by atoms with van der Waals surface area (Å²) < 4.78 is 0. The molecule has 1 aromatic heterocycles. The Labute approximate surface area is 103 Å². The SMILES string of the molecule is Nc1ccc2c(c1)C(=O)N(Cc1nccs1)C2. The Morgan fingerprint density at radius 2 is 2.35 bits per heavy atom. The van der Waals surface area contributed by atoms with Crippen molar-refractivity contribution in [3.05, 3.63) is 45.9 Å². The number of hydrogen-bond donors (Lipinski definition) is 1. The quantitative estimate of drug-likeness (QED) is 0.822. The number of anilines is 1. The number of rotatable bonds is 2. The third kappa shape index (κ3) is 1.78. The molecule has 2 heterocycles. The summed E-state index contributed by atoms with van der Waals surface area (Å²) in [6.07, 6.45) is 1.76. The van der Waals surface area contributed by atoms with Crippen LogP contribution in [0.15, 0.2) is 29.8 Å². The largest absolute Gasteiger partial charge is 0.399 e. The highest BCUT2D eigenvalue weighted by Crippen LogP contribution is 2.26. The lowest BCUT2D eigenvalue weighted by molar-refractivity contribution is 0.0766. The van der Waals surface area contributed by atoms with Crippen LogP contribution in [0.2, 0.25) is 0 Å². The van der Waals surface area contributed by atoms with Gasteiger partial charge in [-0.2, -0.15) is 0 Å². The number of aromatic nitrogens is 1. The maximum atomic E-state index is 12.1. The van der Waals surface area contributed by atoms with Crippen LogP contribution in [0.1, 0.15) is 20.9 Å². The number of carbonyl (C=O) groups excluding carboxylic acids is 1. The monoisotopic (exact) mass is 245 g/mol. The number of nitrogen functional groups attached to an aromatic ring is 1. The first-order valence-electron chi connectivity index (χ1n) is 5.30. The summed E-state index contributed by atoms with van der Waals surface area (Å²) in [5.74, 6) is 0.0440. The molecule has 0 saturated carbocycles. The Kier molecular flexibility index (Phi) is 2.33. The fourth-order valence-corrected chi connectivity index (χ4v) is 2.63. The molecule has 0 bridgehead atoms. The molecule has 1 aliphatic rings. The molecule has 2 N–H and O–H groups in total. The Balaban J connectivity index is 1.86. The van der Waals surface area contributed by atoms with Crippen LogP contribution in [0.4, 0.5) is 5.69 Å². The van der Waals surface area contributed by atoms with Crippen molar-refractivity contribution in [2.45, 2.75) is 13.1 Å². The van der Waals surface area contributed by atoms with Crippen LogP contribution in [0.3, 0.4) is 0 Å². The first kappa shape index (κ1) is 10.3. The second-order valence-corrected chi connectivity index (χ2v) is 4.98. The molecule has 0 atom stereocenters. The van der Waals surface area contributed by atoms with Gasteiger partial charge in [0.15, 0.2) is 0 Å². The number of fused-ring (bicyclic) bond motifs is 1. The average molecular weight is 245 g/mol. The van der Waals surface area contributed by atoms with Gasteiger partial charge in [0.2, 0.25) is 0 Å². The minimum absolute atomic E-state index is 0.0440. The lowest BCUT2D eigenvalue weighted by Gasteiger charge is -2.13. The molecule has 4 nitrogen and oxygen atoms in total. The number of benzene rings is 1. The van der Waals surface area contributed by atoms with Gasteiger partial charge in [0, 0.05) is 29.4 Å². The van der Waals surface area contributed by atoms with Crippen molar-refractivity contribution < 1.29 is 4.79 Å². The topological polar surface area (TPSA) is 59.2 Å². The summed E-state index contributed by atoms with van der Waals surface area (Å²) in [6, 6.07) is 5.50. The standard InChI is InChI=1S/C12H11N3OS/c13-9-2-1-8-6-15(12(16)10(8)5-9)7-11-14-3-4-17-11/h1-5H,6-7,13H2. The van der Waals surface area contributed by atoms with Gasteiger partial charge in [-0.1, -0.05) is 6.07 Å². The third-order valence-electron chi connectivity index (χ3n) is 2.82. The van der Waals surface area contributed by atoms with Crippen LogP contribution < -0.4 is 5.73 Å². The van der Waals surface area contributed by atoms with Crippen molar-refractivity contribution in [3.63, 3.8) is 0 Å². The highest BCUT2D eigenvalue weighted by Gasteiger charge is 2.27. The number of amides is 1. The fraction of sp³-hybridized carbons (Fsp3) is 0.167. The molecule has 17 heavy (non-hydrogen) atoms. The molecule has 0 radical (unpaired) electrons. The highest BCUT2D eigenvalue weighted by molar-refractivity contribution is 7.09. The molecule has 0 unspecified atom stereocenters. The Morgan fingerprint density at radius 3 is 3.12 bits per heavy atom. The van der Waals surface area contributed by atoms with E-state index in [1.54, 1.807) is 28.5 Å². The first-order chi connectivity index (χ1) is 8.24. The van der Waals surface area contributed by atoms with Gasteiger partial charge >= 0.3 is 0 Å². The average Bonchev–Trinajstić information content (AvgIpc) is 2.91. The predicted octanol–water partition coefficient (Wildman–Crippen LogP) is 1.88. The molecular formula is C12H11N3OS. The van der Waals surface area contributed by atoms with Crippen molar-refractivity contribution >= 4 is 22.9 Å². The minimum Gasteiger partial charge on any atom is -0.399 e. The van der Waals surface area contributed by atoms with E-state index in [4.69, 9.17) is 5.73 Å². The molecule has 1 aliphatic heterocycles. The van der Waals surface area contributed by atoms with Gasteiger partial charge in [-0.05, 0) is 17.7 Å². The van der Waals surface area contributed by atoms with Gasteiger partial charge in [0.25, 0.3) is 5.91 Å². The van der Waals surface area contributed by atoms with E-state index in [0.29, 0.717) is 18.8 Å². The normalized spacial score (nSPS) is 14.1. The van der Waals surface area contributed by atoms with Crippen LogP contribution in [0.25, 0.3) is 0 Å². The van der Waals surface area contributed by atoms with E-state index in [1.165, 1.54) is 0 Å². The van der Waals surface area contributed by atoms with Crippen molar-refractivity contribution in [1.82, 2.24) is 9.88 Å². The van der Waals surface area contributed by atoms with E-state index < -0.39 is 0 Å². The summed E-state index contributed by atoms with van der Waals surface area (Å²) in [5, 5.41) is 2.88. The predicted molar refractivity (Wildman–Crippen MR) is 66.5 cm³/mol. The molecule has 86 valence electrons. The fourth-order valence-electron chi connectivity index (χ4n) is 2.00. The Bertz CT molecular complexity index is 565. The van der Waals surface area contributed by atoms with Gasteiger partial charge in [-0.25, -0.2) is 4.98 Å². The van der Waals surface area contributed by atoms with E-state index in [1.807, 2.05) is 17.5 Å². The lowest BCUT2D eigenvalue weighted by atomic mass is 10.1. The molecule has 0 fully saturated rings. The second kappa shape index (κ2) is 3.85. The molecule has 3 rings (SSSR count). The lowest BCUT2D eigenvalue weighted by Crippen LogP contribution is -2.23.